The number of carbonyl (C=O) groups is 2. The molecular formula is C8H4NO3. The lowest BCUT2D eigenvalue weighted by Gasteiger charge is -1.94. The van der Waals surface area contributed by atoms with Crippen LogP contribution >= 0.6 is 0 Å². The number of benzene rings is 1. The minimum Gasteiger partial charge on any atom is -0.507 e. The molecule has 1 radical (unpaired) electrons. The van der Waals surface area contributed by atoms with Crippen molar-refractivity contribution in [1.82, 2.24) is 5.32 Å². The van der Waals surface area contributed by atoms with Crippen LogP contribution in [0.1, 0.15) is 20.7 Å². The van der Waals surface area contributed by atoms with Gasteiger partial charge in [0.05, 0.1) is 11.1 Å². The molecule has 1 aromatic carbocycles. The molecule has 0 atom stereocenters. The van der Waals surface area contributed by atoms with Crippen molar-refractivity contribution in [2.24, 2.45) is 0 Å². The lowest BCUT2D eigenvalue weighted by atomic mass is 10.1. The van der Waals surface area contributed by atoms with Crippen molar-refractivity contribution in [2.75, 3.05) is 0 Å². The van der Waals surface area contributed by atoms with Crippen LogP contribution in [0.4, 0.5) is 0 Å². The molecule has 0 aromatic heterocycles. The van der Waals surface area contributed by atoms with E-state index in [2.05, 4.69) is 5.32 Å². The Kier molecular flexibility index (Phi) is 1.18. The van der Waals surface area contributed by atoms with Crippen LogP contribution in [0, 0.1) is 0 Å². The molecule has 0 saturated heterocycles. The molecule has 0 saturated carbocycles. The van der Waals surface area contributed by atoms with E-state index in [1.807, 2.05) is 0 Å². The minimum absolute atomic E-state index is 0.0162. The second-order valence-corrected chi connectivity index (χ2v) is 2.42. The fourth-order valence-electron chi connectivity index (χ4n) is 1.15. The fraction of sp³-hybridized carbons (Fsp3) is 0. The van der Waals surface area contributed by atoms with Gasteiger partial charge in [0.2, 0.25) is 0 Å². The molecule has 2 amide bonds. The highest BCUT2D eigenvalue weighted by molar-refractivity contribution is 6.22. The number of amides is 2. The van der Waals surface area contributed by atoms with Gasteiger partial charge in [-0.3, -0.25) is 9.59 Å². The number of phenols is 1. The first kappa shape index (κ1) is 6.84. The molecule has 1 N–H and O–H groups in total. The molecular weight excluding hydrogens is 158 g/mol. The Labute approximate surface area is 67.8 Å². The zero-order valence-electron chi connectivity index (χ0n) is 5.94. The van der Waals surface area contributed by atoms with Gasteiger partial charge in [-0.05, 0) is 12.1 Å². The number of rotatable bonds is 0. The largest absolute Gasteiger partial charge is 0.507 e. The van der Waals surface area contributed by atoms with Gasteiger partial charge in [0, 0.05) is 0 Å². The fourth-order valence-corrected chi connectivity index (χ4v) is 1.15. The Balaban J connectivity index is 2.75. The van der Waals surface area contributed by atoms with Crippen LogP contribution in [-0.2, 0) is 0 Å². The molecule has 4 heteroatoms. The third-order valence-electron chi connectivity index (χ3n) is 1.69. The van der Waals surface area contributed by atoms with Gasteiger partial charge in [-0.25, -0.2) is 0 Å². The zero-order chi connectivity index (χ0) is 8.72. The third-order valence-corrected chi connectivity index (χ3v) is 1.69. The molecule has 12 heavy (non-hydrogen) atoms. The second kappa shape index (κ2) is 2.07. The summed E-state index contributed by atoms with van der Waals surface area (Å²) in [6, 6.07) is 4.32. The van der Waals surface area contributed by atoms with Crippen molar-refractivity contribution in [2.45, 2.75) is 0 Å². The van der Waals surface area contributed by atoms with Crippen LogP contribution in [0.5, 0.6) is 5.75 Å². The first-order valence-electron chi connectivity index (χ1n) is 3.32. The van der Waals surface area contributed by atoms with Gasteiger partial charge >= 0.3 is 0 Å². The molecule has 0 fully saturated rings. The van der Waals surface area contributed by atoms with Crippen molar-refractivity contribution in [1.29, 1.82) is 0 Å². The first-order chi connectivity index (χ1) is 5.70. The third kappa shape index (κ3) is 0.717. The standard InChI is InChI=1S/C8H4NO3/c10-5-3-1-2-4-6(5)8(12)9-7(4)11/h1-3,10H. The Morgan fingerprint density at radius 2 is 1.92 bits per heavy atom. The topological polar surface area (TPSA) is 68.5 Å². The number of nitrogens with zero attached hydrogens (tertiary/aromatic N) is 1. The lowest BCUT2D eigenvalue weighted by Crippen LogP contribution is -2.10. The van der Waals surface area contributed by atoms with Crippen LogP contribution in [0.25, 0.3) is 0 Å². The van der Waals surface area contributed by atoms with Crippen LogP contribution in [0.2, 0.25) is 0 Å². The van der Waals surface area contributed by atoms with Crippen LogP contribution in [0.3, 0.4) is 0 Å². The lowest BCUT2D eigenvalue weighted by molar-refractivity contribution is 0.0873. The van der Waals surface area contributed by atoms with Crippen molar-refractivity contribution in [3.8, 4) is 5.75 Å². The Hall–Kier alpha value is -1.84. The van der Waals surface area contributed by atoms with E-state index in [0.717, 1.165) is 0 Å². The molecule has 1 aliphatic rings. The molecule has 1 heterocycles. The van der Waals surface area contributed by atoms with Crippen LogP contribution < -0.4 is 5.32 Å². The monoisotopic (exact) mass is 162 g/mol. The summed E-state index contributed by atoms with van der Waals surface area (Å²) in [6.45, 7) is 0. The highest BCUT2D eigenvalue weighted by atomic mass is 16.3. The number of phenolic OH excluding ortho intramolecular Hbond substituents is 1. The number of hydrogen-bond acceptors (Lipinski definition) is 3. The van der Waals surface area contributed by atoms with Crippen LogP contribution in [0.15, 0.2) is 18.2 Å². The smallest absolute Gasteiger partial charge is 0.284 e. The Morgan fingerprint density at radius 1 is 1.17 bits per heavy atom. The molecule has 4 nitrogen and oxygen atoms in total. The summed E-state index contributed by atoms with van der Waals surface area (Å²) in [7, 11) is 0. The number of fused-ring (bicyclic) bond motifs is 1. The summed E-state index contributed by atoms with van der Waals surface area (Å²) in [6.07, 6.45) is 0. The maximum atomic E-state index is 10.9. The Morgan fingerprint density at radius 3 is 2.58 bits per heavy atom. The van der Waals surface area contributed by atoms with Gasteiger partial charge in [-0.2, -0.15) is 5.32 Å². The second-order valence-electron chi connectivity index (χ2n) is 2.42. The Bertz CT molecular complexity index is 384. The van der Waals surface area contributed by atoms with E-state index in [1.165, 1.54) is 18.2 Å². The molecule has 0 spiro atoms. The minimum atomic E-state index is -0.659. The summed E-state index contributed by atoms with van der Waals surface area (Å²) >= 11 is 0. The highest BCUT2D eigenvalue weighted by Gasteiger charge is 2.31. The van der Waals surface area contributed by atoms with E-state index in [1.54, 1.807) is 0 Å². The zero-order valence-corrected chi connectivity index (χ0v) is 5.94. The molecule has 0 bridgehead atoms. The molecule has 1 aliphatic heterocycles. The van der Waals surface area contributed by atoms with Gasteiger partial charge in [0.25, 0.3) is 11.8 Å². The summed E-state index contributed by atoms with van der Waals surface area (Å²) in [5.41, 5.74) is 0.197. The van der Waals surface area contributed by atoms with Crippen molar-refractivity contribution in [3.63, 3.8) is 0 Å². The van der Waals surface area contributed by atoms with E-state index in [0.29, 0.717) is 0 Å². The van der Waals surface area contributed by atoms with Crippen molar-refractivity contribution < 1.29 is 14.7 Å². The average molecular weight is 162 g/mol. The molecule has 0 unspecified atom stereocenters. The summed E-state index contributed by atoms with van der Waals surface area (Å²) in [5, 5.41) is 12.4. The number of imide groups is 1. The number of hydrogen-bond donors (Lipinski definition) is 1. The van der Waals surface area contributed by atoms with E-state index < -0.39 is 11.8 Å². The number of aromatic hydroxyl groups is 1. The molecule has 2 rings (SSSR count). The van der Waals surface area contributed by atoms with E-state index in [4.69, 9.17) is 0 Å². The predicted molar refractivity (Wildman–Crippen MR) is 38.9 cm³/mol. The number of carbonyl (C=O) groups excluding carboxylic acids is 2. The SMILES string of the molecule is O=C1[N]C(=O)c2c(O)cccc21. The molecule has 1 aromatic rings. The van der Waals surface area contributed by atoms with E-state index in [9.17, 15) is 14.7 Å². The molecule has 59 valence electrons. The van der Waals surface area contributed by atoms with Gasteiger partial charge in [-0.15, -0.1) is 0 Å². The summed E-state index contributed by atoms with van der Waals surface area (Å²) in [5.74, 6) is -1.42. The van der Waals surface area contributed by atoms with Crippen molar-refractivity contribution in [3.05, 3.63) is 29.3 Å². The average Bonchev–Trinajstić information content (AvgIpc) is 2.29. The van der Waals surface area contributed by atoms with Gasteiger partial charge < -0.3 is 5.11 Å². The summed E-state index contributed by atoms with van der Waals surface area (Å²) < 4.78 is 0. The maximum Gasteiger partial charge on any atom is 0.284 e. The first-order valence-corrected chi connectivity index (χ1v) is 3.32. The quantitative estimate of drug-likeness (QED) is 0.557. The maximum absolute atomic E-state index is 10.9. The van der Waals surface area contributed by atoms with Crippen LogP contribution in [-0.4, -0.2) is 16.9 Å². The van der Waals surface area contributed by atoms with Gasteiger partial charge in [0.1, 0.15) is 5.75 Å². The molecule has 0 aliphatic carbocycles. The highest BCUT2D eigenvalue weighted by Crippen LogP contribution is 2.25. The normalized spacial score (nSPS) is 14.3. The van der Waals surface area contributed by atoms with Gasteiger partial charge in [-0.1, -0.05) is 6.07 Å². The predicted octanol–water partition coefficient (Wildman–Crippen LogP) is 0.291. The van der Waals surface area contributed by atoms with Gasteiger partial charge in [0.15, 0.2) is 0 Å². The van der Waals surface area contributed by atoms with E-state index in [-0.39, 0.29) is 16.9 Å². The van der Waals surface area contributed by atoms with E-state index >= 15 is 0 Å². The summed E-state index contributed by atoms with van der Waals surface area (Å²) in [4.78, 5) is 21.9. The van der Waals surface area contributed by atoms with Crippen molar-refractivity contribution >= 4 is 11.8 Å².